The SMILES string of the molecule is CC(C)(C)NC(=O)NC(=O)COC(=O)c1ccc(I)cc1. The molecule has 0 unspecified atom stereocenters. The van der Waals surface area contributed by atoms with Gasteiger partial charge in [-0.15, -0.1) is 0 Å². The van der Waals surface area contributed by atoms with Gasteiger partial charge in [-0.2, -0.15) is 0 Å². The zero-order valence-electron chi connectivity index (χ0n) is 12.0. The summed E-state index contributed by atoms with van der Waals surface area (Å²) in [6, 6.07) is 6.10. The highest BCUT2D eigenvalue weighted by Gasteiger charge is 2.16. The summed E-state index contributed by atoms with van der Waals surface area (Å²) >= 11 is 2.11. The van der Waals surface area contributed by atoms with Crippen molar-refractivity contribution in [3.05, 3.63) is 33.4 Å². The Bertz CT molecular complexity index is 535. The van der Waals surface area contributed by atoms with Crippen molar-refractivity contribution in [1.82, 2.24) is 10.6 Å². The highest BCUT2D eigenvalue weighted by Crippen LogP contribution is 2.07. The number of halogens is 1. The molecular formula is C14H17IN2O4. The van der Waals surface area contributed by atoms with Gasteiger partial charge in [-0.05, 0) is 67.6 Å². The van der Waals surface area contributed by atoms with Crippen LogP contribution in [-0.4, -0.2) is 30.1 Å². The maximum absolute atomic E-state index is 11.7. The molecule has 0 radical (unpaired) electrons. The van der Waals surface area contributed by atoms with Gasteiger partial charge in [0.2, 0.25) is 0 Å². The fourth-order valence-corrected chi connectivity index (χ4v) is 1.69. The van der Waals surface area contributed by atoms with Crippen LogP contribution in [0.4, 0.5) is 4.79 Å². The van der Waals surface area contributed by atoms with E-state index >= 15 is 0 Å². The molecule has 6 nitrogen and oxygen atoms in total. The molecule has 0 aliphatic heterocycles. The lowest BCUT2D eigenvalue weighted by Gasteiger charge is -2.20. The number of hydrogen-bond acceptors (Lipinski definition) is 4. The minimum absolute atomic E-state index is 0.349. The Morgan fingerprint density at radius 3 is 2.24 bits per heavy atom. The molecule has 114 valence electrons. The van der Waals surface area contributed by atoms with E-state index < -0.39 is 30.1 Å². The molecule has 0 saturated carbocycles. The molecule has 0 heterocycles. The molecule has 21 heavy (non-hydrogen) atoms. The smallest absolute Gasteiger partial charge is 0.338 e. The molecular weight excluding hydrogens is 387 g/mol. The van der Waals surface area contributed by atoms with Crippen molar-refractivity contribution in [2.24, 2.45) is 0 Å². The minimum Gasteiger partial charge on any atom is -0.452 e. The lowest BCUT2D eigenvalue weighted by atomic mass is 10.1. The van der Waals surface area contributed by atoms with Crippen molar-refractivity contribution >= 4 is 40.5 Å². The van der Waals surface area contributed by atoms with Gasteiger partial charge >= 0.3 is 12.0 Å². The van der Waals surface area contributed by atoms with Gasteiger partial charge in [0.25, 0.3) is 5.91 Å². The summed E-state index contributed by atoms with van der Waals surface area (Å²) in [6.45, 7) is 4.85. The fourth-order valence-electron chi connectivity index (χ4n) is 1.33. The first kappa shape index (κ1) is 17.4. The summed E-state index contributed by atoms with van der Waals surface area (Å²) in [5, 5.41) is 4.65. The molecule has 2 N–H and O–H groups in total. The Kier molecular flexibility index (Phi) is 6.13. The van der Waals surface area contributed by atoms with Crippen LogP contribution in [0.1, 0.15) is 31.1 Å². The Morgan fingerprint density at radius 1 is 1.14 bits per heavy atom. The van der Waals surface area contributed by atoms with E-state index in [0.717, 1.165) is 3.57 Å². The van der Waals surface area contributed by atoms with Crippen molar-refractivity contribution < 1.29 is 19.1 Å². The standard InChI is InChI=1S/C14H17IN2O4/c1-14(2,3)17-13(20)16-11(18)8-21-12(19)9-4-6-10(15)7-5-9/h4-7H,8H2,1-3H3,(H2,16,17,18,20). The third-order valence-electron chi connectivity index (χ3n) is 2.16. The molecule has 3 amide bonds. The van der Waals surface area contributed by atoms with Gasteiger partial charge < -0.3 is 10.1 Å². The minimum atomic E-state index is -0.685. The van der Waals surface area contributed by atoms with Gasteiger partial charge in [0.05, 0.1) is 5.56 Å². The average Bonchev–Trinajstić information content (AvgIpc) is 2.34. The summed E-state index contributed by atoms with van der Waals surface area (Å²) in [5.41, 5.74) is -0.107. The molecule has 0 fully saturated rings. The van der Waals surface area contributed by atoms with Crippen LogP contribution in [0.25, 0.3) is 0 Å². The number of benzene rings is 1. The van der Waals surface area contributed by atoms with Crippen molar-refractivity contribution in [1.29, 1.82) is 0 Å². The first-order valence-electron chi connectivity index (χ1n) is 6.22. The zero-order chi connectivity index (χ0) is 16.0. The lowest BCUT2D eigenvalue weighted by molar-refractivity contribution is -0.123. The van der Waals surface area contributed by atoms with Crippen LogP contribution < -0.4 is 10.6 Å². The third-order valence-corrected chi connectivity index (χ3v) is 2.87. The summed E-state index contributed by atoms with van der Waals surface area (Å²) in [7, 11) is 0. The molecule has 1 aromatic carbocycles. The van der Waals surface area contributed by atoms with Crippen molar-refractivity contribution in [3.8, 4) is 0 Å². The first-order chi connectivity index (χ1) is 9.67. The topological polar surface area (TPSA) is 84.5 Å². The van der Waals surface area contributed by atoms with E-state index in [4.69, 9.17) is 4.74 Å². The van der Waals surface area contributed by atoms with E-state index in [9.17, 15) is 14.4 Å². The number of imide groups is 1. The van der Waals surface area contributed by atoms with Gasteiger partial charge in [-0.25, -0.2) is 9.59 Å². The number of ether oxygens (including phenoxy) is 1. The van der Waals surface area contributed by atoms with E-state index in [1.54, 1.807) is 45.0 Å². The van der Waals surface area contributed by atoms with Crippen molar-refractivity contribution in [2.75, 3.05) is 6.61 Å². The molecule has 1 rings (SSSR count). The van der Waals surface area contributed by atoms with Crippen LogP contribution in [-0.2, 0) is 9.53 Å². The second-order valence-corrected chi connectivity index (χ2v) is 6.58. The number of nitrogens with one attached hydrogen (secondary N) is 2. The molecule has 0 aromatic heterocycles. The second-order valence-electron chi connectivity index (χ2n) is 5.34. The van der Waals surface area contributed by atoms with Crippen LogP contribution in [0.3, 0.4) is 0 Å². The summed E-state index contributed by atoms with van der Waals surface area (Å²) in [6.07, 6.45) is 0. The van der Waals surface area contributed by atoms with Crippen LogP contribution in [0.5, 0.6) is 0 Å². The van der Waals surface area contributed by atoms with Crippen LogP contribution in [0.15, 0.2) is 24.3 Å². The first-order valence-corrected chi connectivity index (χ1v) is 7.30. The zero-order valence-corrected chi connectivity index (χ0v) is 14.2. The van der Waals surface area contributed by atoms with Gasteiger partial charge in [-0.3, -0.25) is 10.1 Å². The van der Waals surface area contributed by atoms with E-state index in [1.807, 2.05) is 0 Å². The quantitative estimate of drug-likeness (QED) is 0.597. The Balaban J connectivity index is 2.41. The van der Waals surface area contributed by atoms with Crippen LogP contribution in [0, 0.1) is 3.57 Å². The molecule has 0 aliphatic carbocycles. The number of carbonyl (C=O) groups excluding carboxylic acids is 3. The Morgan fingerprint density at radius 2 is 1.71 bits per heavy atom. The predicted octanol–water partition coefficient (Wildman–Crippen LogP) is 2.07. The second kappa shape index (κ2) is 7.39. The largest absolute Gasteiger partial charge is 0.452 e. The normalized spacial score (nSPS) is 10.7. The Hall–Kier alpha value is -1.64. The number of hydrogen-bond donors (Lipinski definition) is 2. The molecule has 7 heteroatoms. The number of carbonyl (C=O) groups is 3. The van der Waals surface area contributed by atoms with Gasteiger partial charge in [0.1, 0.15) is 0 Å². The predicted molar refractivity (Wildman–Crippen MR) is 85.9 cm³/mol. The van der Waals surface area contributed by atoms with Crippen molar-refractivity contribution in [2.45, 2.75) is 26.3 Å². The van der Waals surface area contributed by atoms with Crippen LogP contribution >= 0.6 is 22.6 Å². The molecule has 0 atom stereocenters. The molecule has 1 aromatic rings. The fraction of sp³-hybridized carbons (Fsp3) is 0.357. The highest BCUT2D eigenvalue weighted by molar-refractivity contribution is 14.1. The lowest BCUT2D eigenvalue weighted by Crippen LogP contribution is -2.49. The number of rotatable bonds is 3. The van der Waals surface area contributed by atoms with E-state index in [-0.39, 0.29) is 0 Å². The average molecular weight is 404 g/mol. The van der Waals surface area contributed by atoms with Crippen molar-refractivity contribution in [3.63, 3.8) is 0 Å². The number of esters is 1. The van der Waals surface area contributed by atoms with E-state index in [2.05, 4.69) is 33.2 Å². The maximum atomic E-state index is 11.7. The van der Waals surface area contributed by atoms with E-state index in [0.29, 0.717) is 5.56 Å². The monoisotopic (exact) mass is 404 g/mol. The summed E-state index contributed by atoms with van der Waals surface area (Å²) in [5.74, 6) is -1.30. The van der Waals surface area contributed by atoms with E-state index in [1.165, 1.54) is 0 Å². The van der Waals surface area contributed by atoms with Crippen LogP contribution in [0.2, 0.25) is 0 Å². The molecule has 0 spiro atoms. The maximum Gasteiger partial charge on any atom is 0.338 e. The molecule has 0 saturated heterocycles. The third kappa shape index (κ3) is 7.07. The molecule has 0 aliphatic rings. The summed E-state index contributed by atoms with van der Waals surface area (Å²) < 4.78 is 5.81. The summed E-state index contributed by atoms with van der Waals surface area (Å²) in [4.78, 5) is 34.6. The number of amides is 3. The highest BCUT2D eigenvalue weighted by atomic mass is 127. The molecule has 0 bridgehead atoms. The van der Waals surface area contributed by atoms with Gasteiger partial charge in [0, 0.05) is 9.11 Å². The Labute approximate surface area is 136 Å². The van der Waals surface area contributed by atoms with Gasteiger partial charge in [-0.1, -0.05) is 0 Å². The van der Waals surface area contributed by atoms with Gasteiger partial charge in [0.15, 0.2) is 6.61 Å². The number of urea groups is 1.